The minimum absolute atomic E-state index is 0.628. The van der Waals surface area contributed by atoms with Crippen LogP contribution in [0.2, 0.25) is 0 Å². The fourth-order valence-corrected chi connectivity index (χ4v) is 2.96. The van der Waals surface area contributed by atoms with Gasteiger partial charge in [-0.05, 0) is 18.6 Å². The molecule has 0 aromatic heterocycles. The molecule has 82 valence electrons. The first-order valence-electron chi connectivity index (χ1n) is 4.67. The van der Waals surface area contributed by atoms with Crippen molar-refractivity contribution < 1.29 is 9.47 Å². The van der Waals surface area contributed by atoms with E-state index in [4.69, 9.17) is 21.7 Å². The average molecular weight is 253 g/mol. The molecular formula is C8H15NO2S3. The molecule has 0 bridgehead atoms. The molecule has 0 atom stereocenters. The maximum Gasteiger partial charge on any atom is 0.232 e. The van der Waals surface area contributed by atoms with Crippen LogP contribution in [0.4, 0.5) is 0 Å². The van der Waals surface area contributed by atoms with E-state index in [9.17, 15) is 0 Å². The number of nitrogens with zero attached hydrogens (tertiary/aromatic N) is 1. The Labute approximate surface area is 98.4 Å². The second-order valence-electron chi connectivity index (χ2n) is 2.80. The third kappa shape index (κ3) is 5.41. The van der Waals surface area contributed by atoms with Crippen LogP contribution < -0.4 is 0 Å². The predicted octanol–water partition coefficient (Wildman–Crippen LogP) is 2.33. The summed E-state index contributed by atoms with van der Waals surface area (Å²) in [7, 11) is 3.18. The summed E-state index contributed by atoms with van der Waals surface area (Å²) in [5, 5.41) is 0. The number of thiocarbonyl (C=S) groups is 1. The molecule has 0 spiro atoms. The summed E-state index contributed by atoms with van der Waals surface area (Å²) in [6, 6.07) is 0. The number of hydrogen-bond donors (Lipinski definition) is 0. The van der Waals surface area contributed by atoms with Crippen molar-refractivity contribution in [1.82, 2.24) is 4.31 Å². The highest BCUT2D eigenvalue weighted by Crippen LogP contribution is 2.28. The highest BCUT2D eigenvalue weighted by Gasteiger charge is 2.12. The molecule has 3 nitrogen and oxygen atoms in total. The van der Waals surface area contributed by atoms with Gasteiger partial charge in [-0.2, -0.15) is 0 Å². The minimum Gasteiger partial charge on any atom is -0.478 e. The molecule has 1 rings (SSSR count). The Morgan fingerprint density at radius 1 is 1.50 bits per heavy atom. The van der Waals surface area contributed by atoms with Crippen molar-refractivity contribution in [2.24, 2.45) is 0 Å². The fraction of sp³-hybridized carbons (Fsp3) is 0.875. The predicted molar refractivity (Wildman–Crippen MR) is 66.4 cm³/mol. The van der Waals surface area contributed by atoms with E-state index in [1.54, 1.807) is 11.0 Å². The van der Waals surface area contributed by atoms with E-state index in [0.29, 0.717) is 4.38 Å². The maximum absolute atomic E-state index is 5.30. The second-order valence-corrected chi connectivity index (χ2v) is 5.58. The highest BCUT2D eigenvalue weighted by atomic mass is 33.1. The molecule has 0 amide bonds. The van der Waals surface area contributed by atoms with Crippen LogP contribution in [0.15, 0.2) is 0 Å². The lowest BCUT2D eigenvalue weighted by atomic mass is 10.5. The van der Waals surface area contributed by atoms with E-state index in [1.807, 2.05) is 0 Å². The van der Waals surface area contributed by atoms with Crippen LogP contribution in [-0.4, -0.2) is 41.6 Å². The monoisotopic (exact) mass is 253 g/mol. The molecule has 1 heterocycles. The lowest BCUT2D eigenvalue weighted by molar-refractivity contribution is 0.0779. The van der Waals surface area contributed by atoms with Gasteiger partial charge in [0.15, 0.2) is 0 Å². The quantitative estimate of drug-likeness (QED) is 0.432. The van der Waals surface area contributed by atoms with Gasteiger partial charge in [0.2, 0.25) is 4.38 Å². The van der Waals surface area contributed by atoms with E-state index in [1.165, 1.54) is 10.8 Å². The fourth-order valence-electron chi connectivity index (χ4n) is 0.914. The van der Waals surface area contributed by atoms with Gasteiger partial charge in [-0.3, -0.25) is 0 Å². The minimum atomic E-state index is 0.628. The molecular weight excluding hydrogens is 238 g/mol. The SMILES string of the molecule is CCCOC(=S)SSN1CCOCC1. The van der Waals surface area contributed by atoms with Gasteiger partial charge in [-0.15, -0.1) is 0 Å². The first-order chi connectivity index (χ1) is 6.83. The summed E-state index contributed by atoms with van der Waals surface area (Å²) in [6.07, 6.45) is 1.00. The third-order valence-corrected chi connectivity index (χ3v) is 4.50. The Bertz CT molecular complexity index is 174. The van der Waals surface area contributed by atoms with Gasteiger partial charge in [0.25, 0.3) is 0 Å². The van der Waals surface area contributed by atoms with E-state index in [0.717, 1.165) is 39.3 Å². The third-order valence-electron chi connectivity index (χ3n) is 1.60. The second kappa shape index (κ2) is 7.76. The van der Waals surface area contributed by atoms with Crippen LogP contribution in [0.3, 0.4) is 0 Å². The Hall–Kier alpha value is 0.510. The number of hydrogen-bond acceptors (Lipinski definition) is 6. The average Bonchev–Trinajstić information content (AvgIpc) is 2.25. The first-order valence-corrected chi connectivity index (χ1v) is 7.18. The van der Waals surface area contributed by atoms with Crippen molar-refractivity contribution in [2.75, 3.05) is 32.9 Å². The number of rotatable bonds is 4. The van der Waals surface area contributed by atoms with E-state index in [-0.39, 0.29) is 0 Å². The first kappa shape index (κ1) is 12.6. The highest BCUT2D eigenvalue weighted by molar-refractivity contribution is 8.82. The Kier molecular flexibility index (Phi) is 6.97. The van der Waals surface area contributed by atoms with Crippen LogP contribution in [0.25, 0.3) is 0 Å². The zero-order valence-electron chi connectivity index (χ0n) is 8.23. The molecule has 14 heavy (non-hydrogen) atoms. The summed E-state index contributed by atoms with van der Waals surface area (Å²) in [5.41, 5.74) is 0. The molecule has 0 saturated carbocycles. The summed E-state index contributed by atoms with van der Waals surface area (Å²) in [6.45, 7) is 6.35. The van der Waals surface area contributed by atoms with Crippen LogP contribution in [0.5, 0.6) is 0 Å². The number of ether oxygens (including phenoxy) is 2. The van der Waals surface area contributed by atoms with Crippen molar-refractivity contribution in [3.05, 3.63) is 0 Å². The summed E-state index contributed by atoms with van der Waals surface area (Å²) in [4.78, 5) is 0. The normalized spacial score (nSPS) is 18.1. The van der Waals surface area contributed by atoms with E-state index >= 15 is 0 Å². The van der Waals surface area contributed by atoms with Crippen molar-refractivity contribution in [1.29, 1.82) is 0 Å². The zero-order chi connectivity index (χ0) is 10.2. The molecule has 0 aliphatic carbocycles. The van der Waals surface area contributed by atoms with Gasteiger partial charge < -0.3 is 9.47 Å². The van der Waals surface area contributed by atoms with Crippen LogP contribution in [0.1, 0.15) is 13.3 Å². The van der Waals surface area contributed by atoms with Gasteiger partial charge in [-0.25, -0.2) is 4.31 Å². The summed E-state index contributed by atoms with van der Waals surface area (Å²) < 4.78 is 13.4. The van der Waals surface area contributed by atoms with Crippen molar-refractivity contribution in [2.45, 2.75) is 13.3 Å². The van der Waals surface area contributed by atoms with Crippen LogP contribution >= 0.6 is 34.0 Å². The molecule has 1 fully saturated rings. The van der Waals surface area contributed by atoms with Crippen molar-refractivity contribution in [3.63, 3.8) is 0 Å². The molecule has 1 aliphatic heterocycles. The van der Waals surface area contributed by atoms with Gasteiger partial charge in [-0.1, -0.05) is 6.92 Å². The van der Waals surface area contributed by atoms with Gasteiger partial charge in [0, 0.05) is 34.9 Å². The Morgan fingerprint density at radius 2 is 2.21 bits per heavy atom. The van der Waals surface area contributed by atoms with Gasteiger partial charge in [0.05, 0.1) is 19.8 Å². The van der Waals surface area contributed by atoms with Gasteiger partial charge in [0.1, 0.15) is 0 Å². The molecule has 1 saturated heterocycles. The van der Waals surface area contributed by atoms with E-state index in [2.05, 4.69) is 11.2 Å². The molecule has 0 aromatic carbocycles. The number of morpholine rings is 1. The molecule has 0 N–H and O–H groups in total. The van der Waals surface area contributed by atoms with Crippen LogP contribution in [0, 0.1) is 0 Å². The molecule has 0 aromatic rings. The molecule has 0 radical (unpaired) electrons. The Balaban J connectivity index is 2.03. The topological polar surface area (TPSA) is 21.7 Å². The standard InChI is InChI=1S/C8H15NO2S3/c1-2-5-11-8(12)13-14-9-3-6-10-7-4-9/h2-7H2,1H3. The molecule has 1 aliphatic rings. The lowest BCUT2D eigenvalue weighted by Crippen LogP contribution is -2.30. The summed E-state index contributed by atoms with van der Waals surface area (Å²) in [5.74, 6) is 0. The zero-order valence-corrected chi connectivity index (χ0v) is 10.7. The largest absolute Gasteiger partial charge is 0.478 e. The molecule has 6 heteroatoms. The smallest absolute Gasteiger partial charge is 0.232 e. The molecule has 0 unspecified atom stereocenters. The van der Waals surface area contributed by atoms with Crippen molar-refractivity contribution in [3.8, 4) is 0 Å². The maximum atomic E-state index is 5.30. The summed E-state index contributed by atoms with van der Waals surface area (Å²) >= 11 is 5.05. The van der Waals surface area contributed by atoms with E-state index < -0.39 is 0 Å². The van der Waals surface area contributed by atoms with Crippen molar-refractivity contribution >= 4 is 38.4 Å². The van der Waals surface area contributed by atoms with Crippen LogP contribution in [-0.2, 0) is 9.47 Å². The van der Waals surface area contributed by atoms with Gasteiger partial charge >= 0.3 is 0 Å². The lowest BCUT2D eigenvalue weighted by Gasteiger charge is -2.24. The Morgan fingerprint density at radius 3 is 2.86 bits per heavy atom.